The summed E-state index contributed by atoms with van der Waals surface area (Å²) in [6.07, 6.45) is 0. The van der Waals surface area contributed by atoms with Crippen molar-refractivity contribution in [2.45, 2.75) is 23.6 Å². The number of ether oxygens (including phenoxy) is 1. The Balaban J connectivity index is 1.51. The average molecular weight is 451 g/mol. The maximum Gasteiger partial charge on any atom is 0.128 e. The number of aryl methyl sites for hydroxylation is 1. The van der Waals surface area contributed by atoms with Crippen molar-refractivity contribution in [1.29, 1.82) is 0 Å². The number of rotatable bonds is 8. The molecule has 0 aliphatic carbocycles. The van der Waals surface area contributed by atoms with Crippen LogP contribution in [0.15, 0.2) is 114 Å². The molecule has 1 atom stereocenters. The van der Waals surface area contributed by atoms with Crippen molar-refractivity contribution >= 4 is 22.8 Å². The second kappa shape index (κ2) is 9.97. The molecule has 5 aromatic rings. The van der Waals surface area contributed by atoms with Crippen molar-refractivity contribution in [3.8, 4) is 5.75 Å². The minimum Gasteiger partial charge on any atom is -0.492 e. The highest BCUT2D eigenvalue weighted by Gasteiger charge is 2.23. The van der Waals surface area contributed by atoms with Crippen LogP contribution >= 0.6 is 11.8 Å². The monoisotopic (exact) mass is 450 g/mol. The molecule has 4 aromatic carbocycles. The Morgan fingerprint density at radius 3 is 2.33 bits per heavy atom. The van der Waals surface area contributed by atoms with Crippen molar-refractivity contribution in [3.63, 3.8) is 0 Å². The molecule has 0 radical (unpaired) electrons. The predicted molar refractivity (Wildman–Crippen MR) is 137 cm³/mol. The molecule has 1 unspecified atom stereocenters. The van der Waals surface area contributed by atoms with E-state index in [1.165, 1.54) is 16.0 Å². The summed E-state index contributed by atoms with van der Waals surface area (Å²) in [6, 6.07) is 37.8. The lowest BCUT2D eigenvalue weighted by atomic mass is 10.1. The molecule has 33 heavy (non-hydrogen) atoms. The van der Waals surface area contributed by atoms with Gasteiger partial charge >= 0.3 is 0 Å². The minimum atomic E-state index is 0.0694. The van der Waals surface area contributed by atoms with Gasteiger partial charge in [-0.2, -0.15) is 0 Å². The van der Waals surface area contributed by atoms with Crippen molar-refractivity contribution in [1.82, 2.24) is 9.55 Å². The van der Waals surface area contributed by atoms with Gasteiger partial charge in [-0.15, -0.1) is 11.8 Å². The van der Waals surface area contributed by atoms with E-state index in [1.54, 1.807) is 0 Å². The molecule has 0 saturated heterocycles. The smallest absolute Gasteiger partial charge is 0.128 e. The standard InChI is InChI=1S/C29H26N2OS/c1-22-11-10-14-24(21-22)32-20-19-31-27-18-9-8-17-26(27)30-29(31)28(23-12-4-2-5-13-23)33-25-15-6-3-7-16-25/h2-18,21,28H,19-20H2,1H3. The number of hydrogen-bond donors (Lipinski definition) is 0. The van der Waals surface area contributed by atoms with E-state index in [-0.39, 0.29) is 5.25 Å². The molecule has 0 fully saturated rings. The number of benzene rings is 4. The Morgan fingerprint density at radius 2 is 1.55 bits per heavy atom. The third-order valence-electron chi connectivity index (χ3n) is 5.59. The number of fused-ring (bicyclic) bond motifs is 1. The van der Waals surface area contributed by atoms with E-state index in [0.29, 0.717) is 6.61 Å². The number of imidazole rings is 1. The van der Waals surface area contributed by atoms with Crippen LogP contribution in [0.4, 0.5) is 0 Å². The van der Waals surface area contributed by atoms with E-state index in [4.69, 9.17) is 9.72 Å². The quantitative estimate of drug-likeness (QED) is 0.232. The van der Waals surface area contributed by atoms with Gasteiger partial charge in [0.15, 0.2) is 0 Å². The molecule has 4 heteroatoms. The summed E-state index contributed by atoms with van der Waals surface area (Å²) in [5, 5.41) is 0.0694. The summed E-state index contributed by atoms with van der Waals surface area (Å²) in [6.45, 7) is 3.39. The molecule has 0 amide bonds. The maximum absolute atomic E-state index is 6.11. The van der Waals surface area contributed by atoms with E-state index in [2.05, 4.69) is 109 Å². The summed E-state index contributed by atoms with van der Waals surface area (Å²) >= 11 is 1.83. The van der Waals surface area contributed by atoms with Gasteiger partial charge in [-0.1, -0.05) is 72.8 Å². The Kier molecular flexibility index (Phi) is 6.45. The maximum atomic E-state index is 6.11. The first-order valence-electron chi connectivity index (χ1n) is 11.2. The fraction of sp³-hybridized carbons (Fsp3) is 0.138. The SMILES string of the molecule is Cc1cccc(OCCn2c(C(Sc3ccccc3)c3ccccc3)nc3ccccc32)c1. The second-order valence-electron chi connectivity index (χ2n) is 8.00. The Bertz CT molecular complexity index is 1330. The van der Waals surface area contributed by atoms with Gasteiger partial charge in [-0.25, -0.2) is 4.98 Å². The molecule has 0 bridgehead atoms. The molecule has 0 N–H and O–H groups in total. The summed E-state index contributed by atoms with van der Waals surface area (Å²) < 4.78 is 8.43. The molecule has 3 nitrogen and oxygen atoms in total. The molecule has 0 spiro atoms. The molecule has 1 heterocycles. The zero-order chi connectivity index (χ0) is 22.5. The van der Waals surface area contributed by atoms with Crippen LogP contribution in [0.2, 0.25) is 0 Å². The van der Waals surface area contributed by atoms with Crippen molar-refractivity contribution in [2.75, 3.05) is 6.61 Å². The molecule has 1 aromatic heterocycles. The van der Waals surface area contributed by atoms with E-state index in [9.17, 15) is 0 Å². The summed E-state index contributed by atoms with van der Waals surface area (Å²) in [4.78, 5) is 6.34. The van der Waals surface area contributed by atoms with Crippen LogP contribution in [-0.2, 0) is 6.54 Å². The van der Waals surface area contributed by atoms with Gasteiger partial charge in [-0.3, -0.25) is 0 Å². The average Bonchev–Trinajstić information content (AvgIpc) is 3.22. The summed E-state index contributed by atoms with van der Waals surface area (Å²) in [5.41, 5.74) is 4.58. The van der Waals surface area contributed by atoms with Crippen molar-refractivity contribution < 1.29 is 4.74 Å². The number of nitrogens with zero attached hydrogens (tertiary/aromatic N) is 2. The van der Waals surface area contributed by atoms with E-state index in [0.717, 1.165) is 29.2 Å². The van der Waals surface area contributed by atoms with Gasteiger partial charge in [0.1, 0.15) is 18.2 Å². The highest BCUT2D eigenvalue weighted by Crippen LogP contribution is 2.41. The van der Waals surface area contributed by atoms with Crippen LogP contribution < -0.4 is 4.74 Å². The molecule has 0 aliphatic rings. The lowest BCUT2D eigenvalue weighted by Crippen LogP contribution is -2.13. The fourth-order valence-corrected chi connectivity index (χ4v) is 5.19. The number of aromatic nitrogens is 2. The van der Waals surface area contributed by atoms with Gasteiger partial charge < -0.3 is 9.30 Å². The topological polar surface area (TPSA) is 27.1 Å². The normalized spacial score (nSPS) is 12.0. The lowest BCUT2D eigenvalue weighted by Gasteiger charge is -2.19. The van der Waals surface area contributed by atoms with Crippen molar-refractivity contribution in [3.05, 3.63) is 126 Å². The van der Waals surface area contributed by atoms with Crippen molar-refractivity contribution in [2.24, 2.45) is 0 Å². The predicted octanol–water partition coefficient (Wildman–Crippen LogP) is 7.31. The molecular formula is C29H26N2OS. The third-order valence-corrected chi connectivity index (χ3v) is 6.85. The van der Waals surface area contributed by atoms with Gasteiger partial charge in [0.2, 0.25) is 0 Å². The first-order valence-corrected chi connectivity index (χ1v) is 12.1. The highest BCUT2D eigenvalue weighted by atomic mass is 32.2. The van der Waals surface area contributed by atoms with Gasteiger partial charge in [0.25, 0.3) is 0 Å². The molecule has 0 saturated carbocycles. The lowest BCUT2D eigenvalue weighted by molar-refractivity contribution is 0.298. The van der Waals surface area contributed by atoms with E-state index in [1.807, 2.05) is 23.9 Å². The van der Waals surface area contributed by atoms with Crippen LogP contribution in [0.5, 0.6) is 5.75 Å². The van der Waals surface area contributed by atoms with Crippen LogP contribution in [0, 0.1) is 6.92 Å². The first-order chi connectivity index (χ1) is 16.3. The zero-order valence-corrected chi connectivity index (χ0v) is 19.4. The zero-order valence-electron chi connectivity index (χ0n) is 18.6. The number of hydrogen-bond acceptors (Lipinski definition) is 3. The van der Waals surface area contributed by atoms with Gasteiger partial charge in [-0.05, 0) is 54.4 Å². The van der Waals surface area contributed by atoms with E-state index < -0.39 is 0 Å². The summed E-state index contributed by atoms with van der Waals surface area (Å²) in [5.74, 6) is 1.95. The molecule has 164 valence electrons. The van der Waals surface area contributed by atoms with Crippen LogP contribution in [0.25, 0.3) is 11.0 Å². The fourth-order valence-electron chi connectivity index (χ4n) is 4.02. The molecule has 5 rings (SSSR count). The Morgan fingerprint density at radius 1 is 0.818 bits per heavy atom. The third kappa shape index (κ3) is 4.96. The van der Waals surface area contributed by atoms with Gasteiger partial charge in [0.05, 0.1) is 22.8 Å². The number of para-hydroxylation sites is 2. The molecular weight excluding hydrogens is 424 g/mol. The highest BCUT2D eigenvalue weighted by molar-refractivity contribution is 7.99. The summed E-state index contributed by atoms with van der Waals surface area (Å²) in [7, 11) is 0. The second-order valence-corrected chi connectivity index (χ2v) is 9.18. The Hall–Kier alpha value is -3.50. The minimum absolute atomic E-state index is 0.0694. The number of thioether (sulfide) groups is 1. The Labute approximate surface area is 199 Å². The first kappa shape index (κ1) is 21.4. The largest absolute Gasteiger partial charge is 0.492 e. The molecule has 0 aliphatic heterocycles. The van der Waals surface area contributed by atoms with Crippen LogP contribution in [0.1, 0.15) is 22.2 Å². The van der Waals surface area contributed by atoms with Crippen LogP contribution in [0.3, 0.4) is 0 Å². The van der Waals surface area contributed by atoms with Crippen LogP contribution in [-0.4, -0.2) is 16.2 Å². The van der Waals surface area contributed by atoms with E-state index >= 15 is 0 Å². The van der Waals surface area contributed by atoms with Gasteiger partial charge in [0, 0.05) is 4.90 Å².